The fourth-order valence-electron chi connectivity index (χ4n) is 4.41. The molecule has 0 saturated carbocycles. The molecule has 33 heavy (non-hydrogen) atoms. The number of fused-ring (bicyclic) bond motifs is 1. The molecule has 8 heteroatoms. The lowest BCUT2D eigenvalue weighted by Gasteiger charge is -2.19. The summed E-state index contributed by atoms with van der Waals surface area (Å²) in [6.45, 7) is 6.80. The van der Waals surface area contributed by atoms with Crippen LogP contribution in [0.2, 0.25) is 0 Å². The van der Waals surface area contributed by atoms with E-state index < -0.39 is 10.0 Å². The quantitative estimate of drug-likeness (QED) is 0.555. The van der Waals surface area contributed by atoms with Gasteiger partial charge in [-0.05, 0) is 62.9 Å². The van der Waals surface area contributed by atoms with Crippen molar-refractivity contribution in [2.24, 2.45) is 0 Å². The van der Waals surface area contributed by atoms with E-state index in [1.54, 1.807) is 31.2 Å². The average Bonchev–Trinajstić information content (AvgIpc) is 2.96. The van der Waals surface area contributed by atoms with E-state index >= 15 is 0 Å². The van der Waals surface area contributed by atoms with Gasteiger partial charge in [0.25, 0.3) is 15.9 Å². The number of hydrogen-bond acceptors (Lipinski definition) is 5. The Morgan fingerprint density at radius 3 is 2.36 bits per heavy atom. The Kier molecular flexibility index (Phi) is 6.38. The molecule has 0 bridgehead atoms. The molecule has 0 spiro atoms. The van der Waals surface area contributed by atoms with Crippen LogP contribution in [0, 0.1) is 20.8 Å². The molecule has 0 radical (unpaired) electrons. The number of carbonyl (C=O) groups is 1. The second kappa shape index (κ2) is 9.09. The molecule has 1 amide bonds. The van der Waals surface area contributed by atoms with Gasteiger partial charge in [-0.25, -0.2) is 8.42 Å². The molecule has 1 aromatic heterocycles. The lowest BCUT2D eigenvalue weighted by atomic mass is 10.0. The second-order valence-corrected chi connectivity index (χ2v) is 10.2. The predicted octanol–water partition coefficient (Wildman–Crippen LogP) is 5.18. The van der Waals surface area contributed by atoms with Crippen molar-refractivity contribution in [3.8, 4) is 5.75 Å². The third-order valence-electron chi connectivity index (χ3n) is 6.40. The van der Waals surface area contributed by atoms with Crippen LogP contribution in [-0.4, -0.2) is 39.4 Å². The Balaban J connectivity index is 1.84. The zero-order chi connectivity index (χ0) is 23.8. The molecule has 7 nitrogen and oxygen atoms in total. The van der Waals surface area contributed by atoms with Crippen molar-refractivity contribution in [3.63, 3.8) is 0 Å². The monoisotopic (exact) mass is 470 g/mol. The van der Waals surface area contributed by atoms with Crippen molar-refractivity contribution in [1.29, 1.82) is 0 Å². The summed E-state index contributed by atoms with van der Waals surface area (Å²) in [4.78, 5) is 15.2. The molecule has 0 atom stereocenters. The number of rotatable bonds is 5. The van der Waals surface area contributed by atoms with Crippen LogP contribution in [0.3, 0.4) is 0 Å². The number of nitrogens with one attached hydrogen (secondary N) is 1. The molecule has 1 saturated heterocycles. The van der Waals surface area contributed by atoms with Gasteiger partial charge in [0.2, 0.25) is 0 Å². The first kappa shape index (κ1) is 23.2. The van der Waals surface area contributed by atoms with Crippen molar-refractivity contribution in [2.45, 2.75) is 51.3 Å². The Bertz CT molecular complexity index is 1300. The molecule has 2 aromatic carbocycles. The maximum absolute atomic E-state index is 13.6. The van der Waals surface area contributed by atoms with E-state index in [0.29, 0.717) is 41.0 Å². The van der Waals surface area contributed by atoms with Gasteiger partial charge < -0.3 is 14.1 Å². The molecule has 0 unspecified atom stereocenters. The van der Waals surface area contributed by atoms with Gasteiger partial charge in [0.05, 0.1) is 12.8 Å². The number of para-hydroxylation sites is 2. The summed E-state index contributed by atoms with van der Waals surface area (Å²) in [5, 5.41) is 0.636. The highest BCUT2D eigenvalue weighted by atomic mass is 32.2. The van der Waals surface area contributed by atoms with Crippen LogP contribution in [0.4, 0.5) is 5.69 Å². The fraction of sp³-hybridized carbons (Fsp3) is 0.400. The highest BCUT2D eigenvalue weighted by Crippen LogP contribution is 2.37. The van der Waals surface area contributed by atoms with Gasteiger partial charge >= 0.3 is 0 Å². The predicted molar refractivity (Wildman–Crippen MR) is 129 cm³/mol. The van der Waals surface area contributed by atoms with Crippen LogP contribution in [0.5, 0.6) is 5.75 Å². The topological polar surface area (TPSA) is 88.8 Å². The van der Waals surface area contributed by atoms with Crippen LogP contribution in [0.25, 0.3) is 11.0 Å². The van der Waals surface area contributed by atoms with Gasteiger partial charge in [-0.1, -0.05) is 25.0 Å². The third-order valence-corrected chi connectivity index (χ3v) is 7.92. The number of nitrogens with zero attached hydrogens (tertiary/aromatic N) is 1. The van der Waals surface area contributed by atoms with Crippen LogP contribution < -0.4 is 9.46 Å². The van der Waals surface area contributed by atoms with Gasteiger partial charge in [-0.2, -0.15) is 0 Å². The molecule has 2 heterocycles. The van der Waals surface area contributed by atoms with E-state index in [9.17, 15) is 13.2 Å². The molecule has 1 fully saturated rings. The summed E-state index contributed by atoms with van der Waals surface area (Å²) >= 11 is 0. The van der Waals surface area contributed by atoms with Crippen LogP contribution in [-0.2, 0) is 10.0 Å². The molecule has 0 aliphatic carbocycles. The highest BCUT2D eigenvalue weighted by molar-refractivity contribution is 7.93. The molecular formula is C25H30N2O5S. The van der Waals surface area contributed by atoms with Crippen molar-refractivity contribution < 1.29 is 22.4 Å². The first-order valence-electron chi connectivity index (χ1n) is 11.2. The number of hydrogen-bond donors (Lipinski definition) is 1. The van der Waals surface area contributed by atoms with E-state index in [0.717, 1.165) is 31.2 Å². The number of carbonyl (C=O) groups excluding carboxylic acids is 1. The summed E-state index contributed by atoms with van der Waals surface area (Å²) in [5.74, 6) is 0.447. The van der Waals surface area contributed by atoms with Crippen molar-refractivity contribution in [1.82, 2.24) is 4.90 Å². The van der Waals surface area contributed by atoms with E-state index in [2.05, 4.69) is 4.72 Å². The van der Waals surface area contributed by atoms with E-state index in [4.69, 9.17) is 9.15 Å². The Labute approximate surface area is 194 Å². The van der Waals surface area contributed by atoms with Gasteiger partial charge in [-0.3, -0.25) is 9.52 Å². The summed E-state index contributed by atoms with van der Waals surface area (Å²) in [5.41, 5.74) is 2.58. The van der Waals surface area contributed by atoms with Gasteiger partial charge in [-0.15, -0.1) is 0 Å². The normalized spacial score (nSPS) is 14.8. The number of anilines is 1. The summed E-state index contributed by atoms with van der Waals surface area (Å²) in [6, 6.07) is 8.72. The van der Waals surface area contributed by atoms with E-state index in [1.807, 2.05) is 24.8 Å². The number of methoxy groups -OCH3 is 1. The van der Waals surface area contributed by atoms with E-state index in [1.165, 1.54) is 7.11 Å². The molecule has 4 rings (SSSR count). The zero-order valence-corrected chi connectivity index (χ0v) is 20.3. The Morgan fingerprint density at radius 2 is 1.70 bits per heavy atom. The highest BCUT2D eigenvalue weighted by Gasteiger charge is 2.30. The number of sulfonamides is 1. The van der Waals surface area contributed by atoms with Gasteiger partial charge in [0.15, 0.2) is 11.3 Å². The minimum absolute atomic E-state index is 0.0430. The summed E-state index contributed by atoms with van der Waals surface area (Å²) in [6.07, 6.45) is 4.15. The standard InChI is InChI=1S/C25H30N2O5S/c1-16-15-19-18(3)22(25(28)27-13-9-5-6-10-14-27)32-23(19)24(17(16)2)33(29,30)26-20-11-7-8-12-21(20)31-4/h7-8,11-12,15,26H,5-6,9-10,13-14H2,1-4H3. The first-order chi connectivity index (χ1) is 15.7. The first-order valence-corrected chi connectivity index (χ1v) is 12.7. The smallest absolute Gasteiger partial charge is 0.289 e. The van der Waals surface area contributed by atoms with Gasteiger partial charge in [0.1, 0.15) is 10.6 Å². The average molecular weight is 471 g/mol. The Hall–Kier alpha value is -3.00. The van der Waals surface area contributed by atoms with Crippen LogP contribution >= 0.6 is 0 Å². The number of likely N-dealkylation sites (tertiary alicyclic amines) is 1. The molecular weight excluding hydrogens is 440 g/mol. The summed E-state index contributed by atoms with van der Waals surface area (Å²) < 4.78 is 41.1. The minimum atomic E-state index is -4.03. The number of ether oxygens (including phenoxy) is 1. The Morgan fingerprint density at radius 1 is 1.03 bits per heavy atom. The minimum Gasteiger partial charge on any atom is -0.495 e. The zero-order valence-electron chi connectivity index (χ0n) is 19.5. The molecule has 1 aliphatic rings. The van der Waals surface area contributed by atoms with Crippen LogP contribution in [0.15, 0.2) is 39.6 Å². The van der Waals surface area contributed by atoms with Gasteiger partial charge in [0, 0.05) is 24.0 Å². The lowest BCUT2D eigenvalue weighted by molar-refractivity contribution is 0.0731. The van der Waals surface area contributed by atoms with Crippen molar-refractivity contribution >= 4 is 32.6 Å². The molecule has 176 valence electrons. The maximum Gasteiger partial charge on any atom is 0.289 e. The number of amides is 1. The fourth-order valence-corrected chi connectivity index (χ4v) is 5.93. The van der Waals surface area contributed by atoms with Crippen molar-refractivity contribution in [3.05, 3.63) is 52.8 Å². The summed E-state index contributed by atoms with van der Waals surface area (Å²) in [7, 11) is -2.55. The largest absolute Gasteiger partial charge is 0.495 e. The van der Waals surface area contributed by atoms with E-state index in [-0.39, 0.29) is 22.1 Å². The van der Waals surface area contributed by atoms with Crippen molar-refractivity contribution in [2.75, 3.05) is 24.9 Å². The molecule has 3 aromatic rings. The maximum atomic E-state index is 13.6. The SMILES string of the molecule is COc1ccccc1NS(=O)(=O)c1c(C)c(C)cc2c(C)c(C(=O)N3CCCCCC3)oc12. The lowest BCUT2D eigenvalue weighted by Crippen LogP contribution is -2.31. The number of aryl methyl sites for hydroxylation is 2. The third kappa shape index (κ3) is 4.31. The molecule has 1 aliphatic heterocycles. The van der Waals surface area contributed by atoms with Crippen LogP contribution in [0.1, 0.15) is 52.9 Å². The number of furan rings is 1. The second-order valence-electron chi connectivity index (χ2n) is 8.59. The molecule has 1 N–H and O–H groups in total. The number of benzene rings is 2.